The molecule has 0 radical (unpaired) electrons. The average Bonchev–Trinajstić information content (AvgIpc) is 2.27. The smallest absolute Gasteiger partial charge is 0.228 e. The summed E-state index contributed by atoms with van der Waals surface area (Å²) in [6.45, 7) is 6.59. The van der Waals surface area contributed by atoms with Crippen molar-refractivity contribution >= 4 is 11.6 Å². The summed E-state index contributed by atoms with van der Waals surface area (Å²) >= 11 is 0. The lowest BCUT2D eigenvalue weighted by atomic mass is 9.84. The highest BCUT2D eigenvalue weighted by atomic mass is 16.3. The molecule has 18 heavy (non-hydrogen) atoms. The minimum atomic E-state index is -0.196. The van der Waals surface area contributed by atoms with Gasteiger partial charge in [-0.2, -0.15) is 0 Å². The molecule has 1 unspecified atom stereocenters. The molecule has 0 spiro atoms. The van der Waals surface area contributed by atoms with Crippen LogP contribution in [0.15, 0.2) is 24.3 Å². The third kappa shape index (κ3) is 4.75. The third-order valence-electron chi connectivity index (χ3n) is 2.65. The largest absolute Gasteiger partial charge is 0.508 e. The van der Waals surface area contributed by atoms with Crippen molar-refractivity contribution in [2.75, 3.05) is 11.9 Å². The number of nitrogens with one attached hydrogen (secondary N) is 1. The Bertz CT molecular complexity index is 393. The Hall–Kier alpha value is -1.55. The summed E-state index contributed by atoms with van der Waals surface area (Å²) in [4.78, 5) is 12.1. The van der Waals surface area contributed by atoms with Crippen LogP contribution in [0.5, 0.6) is 5.75 Å². The fourth-order valence-electron chi connectivity index (χ4n) is 1.81. The van der Waals surface area contributed by atoms with E-state index in [1.165, 1.54) is 12.1 Å². The zero-order valence-electron chi connectivity index (χ0n) is 11.2. The zero-order chi connectivity index (χ0) is 13.8. The third-order valence-corrected chi connectivity index (χ3v) is 2.65. The van der Waals surface area contributed by atoms with E-state index < -0.39 is 0 Å². The molecule has 1 rings (SSSR count). The lowest BCUT2D eigenvalue weighted by molar-refractivity contribution is -0.120. The molecule has 0 aliphatic rings. The first-order chi connectivity index (χ1) is 8.31. The molecule has 0 fully saturated rings. The van der Waals surface area contributed by atoms with E-state index >= 15 is 0 Å². The average molecular weight is 250 g/mol. The molecule has 1 aromatic carbocycles. The van der Waals surface area contributed by atoms with Gasteiger partial charge in [-0.05, 0) is 36.1 Å². The van der Waals surface area contributed by atoms with Crippen molar-refractivity contribution in [1.82, 2.24) is 0 Å². The molecule has 0 heterocycles. The van der Waals surface area contributed by atoms with Crippen LogP contribution in [0.1, 0.15) is 27.2 Å². The number of carbonyl (C=O) groups excluding carboxylic acids is 1. The molecular formula is C14H22N2O2. The van der Waals surface area contributed by atoms with E-state index in [1.807, 2.05) is 0 Å². The van der Waals surface area contributed by atoms with Crippen molar-refractivity contribution in [1.29, 1.82) is 0 Å². The van der Waals surface area contributed by atoms with Crippen LogP contribution in [0.3, 0.4) is 0 Å². The molecule has 100 valence electrons. The lowest BCUT2D eigenvalue weighted by Gasteiger charge is -2.24. The summed E-state index contributed by atoms with van der Waals surface area (Å²) in [6, 6.07) is 6.41. The van der Waals surface area contributed by atoms with Crippen molar-refractivity contribution in [3.05, 3.63) is 24.3 Å². The van der Waals surface area contributed by atoms with Crippen molar-refractivity contribution in [2.24, 2.45) is 17.1 Å². The quantitative estimate of drug-likeness (QED) is 0.718. The normalized spacial score (nSPS) is 13.1. The second-order valence-corrected chi connectivity index (χ2v) is 5.73. The molecule has 1 amide bonds. The lowest BCUT2D eigenvalue weighted by Crippen LogP contribution is -2.32. The van der Waals surface area contributed by atoms with Gasteiger partial charge in [0.05, 0.1) is 5.92 Å². The number of rotatable bonds is 4. The molecule has 0 aliphatic carbocycles. The van der Waals surface area contributed by atoms with E-state index in [0.717, 1.165) is 6.42 Å². The Balaban J connectivity index is 2.65. The van der Waals surface area contributed by atoms with Gasteiger partial charge in [0.2, 0.25) is 5.91 Å². The number of nitrogens with two attached hydrogens (primary N) is 1. The number of benzene rings is 1. The first kappa shape index (κ1) is 14.5. The zero-order valence-corrected chi connectivity index (χ0v) is 11.2. The van der Waals surface area contributed by atoms with Crippen LogP contribution < -0.4 is 11.1 Å². The van der Waals surface area contributed by atoms with Gasteiger partial charge in [0.25, 0.3) is 0 Å². The number of hydrogen-bond acceptors (Lipinski definition) is 3. The Morgan fingerprint density at radius 3 is 2.33 bits per heavy atom. The maximum atomic E-state index is 12.1. The van der Waals surface area contributed by atoms with Crippen LogP contribution in [-0.4, -0.2) is 17.6 Å². The van der Waals surface area contributed by atoms with E-state index in [0.29, 0.717) is 12.2 Å². The Kier molecular flexibility index (Phi) is 4.73. The summed E-state index contributed by atoms with van der Waals surface area (Å²) in [7, 11) is 0. The first-order valence-corrected chi connectivity index (χ1v) is 6.12. The van der Waals surface area contributed by atoms with E-state index in [9.17, 15) is 4.79 Å². The van der Waals surface area contributed by atoms with Gasteiger partial charge in [0.1, 0.15) is 5.75 Å². The van der Waals surface area contributed by atoms with Crippen molar-refractivity contribution in [2.45, 2.75) is 27.2 Å². The SMILES string of the molecule is CC(C)(C)CC(CN)C(=O)Nc1ccc(O)cc1. The van der Waals surface area contributed by atoms with Crippen LogP contribution >= 0.6 is 0 Å². The molecule has 0 aliphatic heterocycles. The molecule has 1 aromatic rings. The molecule has 0 saturated heterocycles. The monoisotopic (exact) mass is 250 g/mol. The second-order valence-electron chi connectivity index (χ2n) is 5.73. The van der Waals surface area contributed by atoms with Gasteiger partial charge < -0.3 is 16.2 Å². The Morgan fingerprint density at radius 2 is 1.89 bits per heavy atom. The van der Waals surface area contributed by atoms with Crippen LogP contribution in [0.25, 0.3) is 0 Å². The number of phenolic OH excluding ortho intramolecular Hbond substituents is 1. The predicted octanol–water partition coefficient (Wildman–Crippen LogP) is 2.34. The van der Waals surface area contributed by atoms with E-state index in [1.54, 1.807) is 12.1 Å². The van der Waals surface area contributed by atoms with Crippen LogP contribution in [0, 0.1) is 11.3 Å². The summed E-state index contributed by atoms with van der Waals surface area (Å²) in [5, 5.41) is 12.0. The number of aromatic hydroxyl groups is 1. The highest BCUT2D eigenvalue weighted by Gasteiger charge is 2.23. The maximum Gasteiger partial charge on any atom is 0.228 e. The van der Waals surface area contributed by atoms with E-state index in [4.69, 9.17) is 10.8 Å². The maximum absolute atomic E-state index is 12.1. The van der Waals surface area contributed by atoms with Crippen molar-refractivity contribution in [3.63, 3.8) is 0 Å². The molecule has 4 N–H and O–H groups in total. The summed E-state index contributed by atoms with van der Waals surface area (Å²) in [6.07, 6.45) is 0.743. The number of anilines is 1. The van der Waals surface area contributed by atoms with Crippen LogP contribution in [-0.2, 0) is 4.79 Å². The number of hydrogen-bond donors (Lipinski definition) is 3. The van der Waals surface area contributed by atoms with Crippen LogP contribution in [0.4, 0.5) is 5.69 Å². The van der Waals surface area contributed by atoms with Gasteiger partial charge >= 0.3 is 0 Å². The molecule has 0 aromatic heterocycles. The molecule has 0 bridgehead atoms. The molecular weight excluding hydrogens is 228 g/mol. The molecule has 4 nitrogen and oxygen atoms in total. The van der Waals surface area contributed by atoms with Gasteiger partial charge in [-0.3, -0.25) is 4.79 Å². The predicted molar refractivity (Wildman–Crippen MR) is 73.4 cm³/mol. The van der Waals surface area contributed by atoms with Gasteiger partial charge in [0.15, 0.2) is 0 Å². The molecule has 4 heteroatoms. The summed E-state index contributed by atoms with van der Waals surface area (Å²) in [5.74, 6) is -0.0880. The highest BCUT2D eigenvalue weighted by Crippen LogP contribution is 2.25. The van der Waals surface area contributed by atoms with E-state index in [2.05, 4.69) is 26.1 Å². The van der Waals surface area contributed by atoms with Crippen molar-refractivity contribution in [3.8, 4) is 5.75 Å². The second kappa shape index (κ2) is 5.87. The van der Waals surface area contributed by atoms with Crippen LogP contribution in [0.2, 0.25) is 0 Å². The number of carbonyl (C=O) groups is 1. The topological polar surface area (TPSA) is 75.4 Å². The Morgan fingerprint density at radius 1 is 1.33 bits per heavy atom. The summed E-state index contributed by atoms with van der Waals surface area (Å²) in [5.41, 5.74) is 6.40. The van der Waals surface area contributed by atoms with Gasteiger partial charge in [0, 0.05) is 12.2 Å². The minimum absolute atomic E-state index is 0.0658. The van der Waals surface area contributed by atoms with E-state index in [-0.39, 0.29) is 23.0 Å². The Labute approximate surface area is 108 Å². The minimum Gasteiger partial charge on any atom is -0.508 e. The fourth-order valence-corrected chi connectivity index (χ4v) is 1.81. The van der Waals surface area contributed by atoms with Gasteiger partial charge in [-0.15, -0.1) is 0 Å². The molecule has 0 saturated carbocycles. The summed E-state index contributed by atoms with van der Waals surface area (Å²) < 4.78 is 0. The molecule has 1 atom stereocenters. The van der Waals surface area contributed by atoms with Crippen molar-refractivity contribution < 1.29 is 9.90 Å². The highest BCUT2D eigenvalue weighted by molar-refractivity contribution is 5.92. The van der Waals surface area contributed by atoms with Gasteiger partial charge in [-0.1, -0.05) is 20.8 Å². The number of amides is 1. The first-order valence-electron chi connectivity index (χ1n) is 6.12. The number of phenols is 1. The standard InChI is InChI=1S/C14H22N2O2/c1-14(2,3)8-10(9-15)13(18)16-11-4-6-12(17)7-5-11/h4-7,10,17H,8-9,15H2,1-3H3,(H,16,18). The fraction of sp³-hybridized carbons (Fsp3) is 0.500. The van der Waals surface area contributed by atoms with Gasteiger partial charge in [-0.25, -0.2) is 0 Å².